The zero-order chi connectivity index (χ0) is 17.8. The van der Waals surface area contributed by atoms with Crippen LogP contribution in [0.15, 0.2) is 41.0 Å². The number of para-hydroxylation sites is 1. The summed E-state index contributed by atoms with van der Waals surface area (Å²) in [7, 11) is 1.31. The first-order chi connectivity index (χ1) is 12.1. The molecule has 25 heavy (non-hydrogen) atoms. The highest BCUT2D eigenvalue weighted by molar-refractivity contribution is 9.10. The van der Waals surface area contributed by atoms with Gasteiger partial charge in [-0.05, 0) is 52.7 Å². The van der Waals surface area contributed by atoms with Crippen molar-refractivity contribution in [3.63, 3.8) is 0 Å². The minimum atomic E-state index is -0.945. The molecule has 0 aliphatic carbocycles. The number of esters is 1. The van der Waals surface area contributed by atoms with E-state index in [9.17, 15) is 9.18 Å². The molecule has 132 valence electrons. The number of anilines is 2. The second kappa shape index (κ2) is 7.93. The number of ether oxygens (including phenoxy) is 1. The quantitative estimate of drug-likeness (QED) is 0.596. The van der Waals surface area contributed by atoms with Gasteiger partial charge in [0.2, 0.25) is 0 Å². The van der Waals surface area contributed by atoms with E-state index in [1.807, 2.05) is 24.3 Å². The molecule has 1 aliphatic rings. The Morgan fingerprint density at radius 3 is 2.88 bits per heavy atom. The fourth-order valence-electron chi connectivity index (χ4n) is 3.04. The van der Waals surface area contributed by atoms with Gasteiger partial charge in [-0.1, -0.05) is 18.2 Å². The van der Waals surface area contributed by atoms with E-state index in [1.54, 1.807) is 12.1 Å². The van der Waals surface area contributed by atoms with Gasteiger partial charge in [0.05, 0.1) is 12.8 Å². The predicted octanol–water partition coefficient (Wildman–Crippen LogP) is 3.79. The third kappa shape index (κ3) is 3.99. The molecule has 3 rings (SSSR count). The molecule has 2 unspecified atom stereocenters. The molecule has 0 amide bonds. The Bertz CT molecular complexity index is 772. The number of rotatable bonds is 4. The minimum absolute atomic E-state index is 0.175. The lowest BCUT2D eigenvalue weighted by Crippen LogP contribution is -2.36. The lowest BCUT2D eigenvalue weighted by atomic mass is 9.87. The van der Waals surface area contributed by atoms with Gasteiger partial charge in [0.1, 0.15) is 10.8 Å². The maximum Gasteiger partial charge on any atom is 0.358 e. The number of halogens is 2. The van der Waals surface area contributed by atoms with Crippen LogP contribution in [-0.2, 0) is 4.74 Å². The first kappa shape index (κ1) is 17.8. The fraction of sp³-hybridized carbons (Fsp3) is 0.333. The smallest absolute Gasteiger partial charge is 0.358 e. The molecule has 2 heterocycles. The summed E-state index contributed by atoms with van der Waals surface area (Å²) in [6, 6.07) is 11.1. The lowest BCUT2D eigenvalue weighted by Gasteiger charge is -2.29. The van der Waals surface area contributed by atoms with Crippen LogP contribution in [0.5, 0.6) is 0 Å². The maximum atomic E-state index is 14.4. The van der Waals surface area contributed by atoms with Crippen molar-refractivity contribution in [2.45, 2.75) is 18.5 Å². The van der Waals surface area contributed by atoms with E-state index >= 15 is 0 Å². The standard InChI is InChI=1S/C18H19BrFN3O2/c1-25-18(24)17-15(6-7-16(19)23-17)22-14-5-3-2-4-12(14)11-8-9-21-10-13(11)20/h2-7,11,13,21-22H,8-10H2,1H3. The van der Waals surface area contributed by atoms with Crippen molar-refractivity contribution in [1.82, 2.24) is 10.3 Å². The van der Waals surface area contributed by atoms with Gasteiger partial charge in [0, 0.05) is 18.2 Å². The molecule has 1 fully saturated rings. The molecule has 2 aromatic rings. The van der Waals surface area contributed by atoms with E-state index in [0.29, 0.717) is 16.8 Å². The SMILES string of the molecule is COC(=O)c1nc(Br)ccc1Nc1ccccc1C1CCNCC1F. The lowest BCUT2D eigenvalue weighted by molar-refractivity contribution is 0.0595. The second-order valence-corrected chi connectivity index (χ2v) is 6.66. The van der Waals surface area contributed by atoms with Gasteiger partial charge in [0.15, 0.2) is 5.69 Å². The minimum Gasteiger partial charge on any atom is -0.464 e. The Balaban J connectivity index is 1.95. The Morgan fingerprint density at radius 2 is 2.12 bits per heavy atom. The van der Waals surface area contributed by atoms with Crippen molar-refractivity contribution in [2.24, 2.45) is 0 Å². The highest BCUT2D eigenvalue weighted by Crippen LogP contribution is 2.35. The molecule has 5 nitrogen and oxygen atoms in total. The second-order valence-electron chi connectivity index (χ2n) is 5.85. The summed E-state index contributed by atoms with van der Waals surface area (Å²) in [6.45, 7) is 1.14. The Hall–Kier alpha value is -1.99. The highest BCUT2D eigenvalue weighted by atomic mass is 79.9. The number of nitrogens with zero attached hydrogens (tertiary/aromatic N) is 1. The number of aromatic nitrogens is 1. The summed E-state index contributed by atoms with van der Waals surface area (Å²) in [5, 5.41) is 6.30. The van der Waals surface area contributed by atoms with Crippen molar-refractivity contribution in [2.75, 3.05) is 25.5 Å². The molecule has 1 aromatic carbocycles. The number of pyridine rings is 1. The Morgan fingerprint density at radius 1 is 1.32 bits per heavy atom. The van der Waals surface area contributed by atoms with E-state index in [0.717, 1.165) is 24.2 Å². The number of piperidine rings is 1. The molecule has 1 aromatic heterocycles. The molecule has 0 radical (unpaired) electrons. The van der Waals surface area contributed by atoms with Crippen LogP contribution in [0.25, 0.3) is 0 Å². The number of hydrogen-bond donors (Lipinski definition) is 2. The van der Waals surface area contributed by atoms with Gasteiger partial charge in [0.25, 0.3) is 0 Å². The monoisotopic (exact) mass is 407 g/mol. The molecule has 0 spiro atoms. The molecule has 2 atom stereocenters. The summed E-state index contributed by atoms with van der Waals surface area (Å²) in [5.74, 6) is -0.721. The summed E-state index contributed by atoms with van der Waals surface area (Å²) in [6.07, 6.45) is -0.220. The van der Waals surface area contributed by atoms with Crippen LogP contribution in [0.1, 0.15) is 28.4 Å². The van der Waals surface area contributed by atoms with Crippen molar-refractivity contribution < 1.29 is 13.9 Å². The van der Waals surface area contributed by atoms with Crippen molar-refractivity contribution >= 4 is 33.3 Å². The molecular formula is C18H19BrFN3O2. The summed E-state index contributed by atoms with van der Waals surface area (Å²) in [5.41, 5.74) is 2.36. The van der Waals surface area contributed by atoms with E-state index < -0.39 is 12.1 Å². The van der Waals surface area contributed by atoms with Crippen molar-refractivity contribution in [1.29, 1.82) is 0 Å². The van der Waals surface area contributed by atoms with Gasteiger partial charge in [-0.2, -0.15) is 0 Å². The Labute approximate surface area is 154 Å². The number of methoxy groups -OCH3 is 1. The number of hydrogen-bond acceptors (Lipinski definition) is 5. The van der Waals surface area contributed by atoms with Gasteiger partial charge in [-0.3, -0.25) is 0 Å². The van der Waals surface area contributed by atoms with Gasteiger partial charge in [-0.15, -0.1) is 0 Å². The number of alkyl halides is 1. The zero-order valence-electron chi connectivity index (χ0n) is 13.8. The van der Waals surface area contributed by atoms with Crippen molar-refractivity contribution in [3.05, 3.63) is 52.3 Å². The largest absolute Gasteiger partial charge is 0.464 e. The van der Waals surface area contributed by atoms with Gasteiger partial charge < -0.3 is 15.4 Å². The first-order valence-electron chi connectivity index (χ1n) is 8.05. The van der Waals surface area contributed by atoms with Crippen molar-refractivity contribution in [3.8, 4) is 0 Å². The van der Waals surface area contributed by atoms with Crippen LogP contribution in [0.4, 0.5) is 15.8 Å². The van der Waals surface area contributed by atoms with E-state index in [1.165, 1.54) is 7.11 Å². The third-order valence-electron chi connectivity index (χ3n) is 4.28. The summed E-state index contributed by atoms with van der Waals surface area (Å²) in [4.78, 5) is 16.2. The molecule has 2 N–H and O–H groups in total. The molecule has 0 bridgehead atoms. The van der Waals surface area contributed by atoms with E-state index in [2.05, 4.69) is 31.5 Å². The molecule has 1 saturated heterocycles. The van der Waals surface area contributed by atoms with E-state index in [-0.39, 0.29) is 11.6 Å². The number of benzene rings is 1. The van der Waals surface area contributed by atoms with Crippen LogP contribution in [0.2, 0.25) is 0 Å². The van der Waals surface area contributed by atoms with Gasteiger partial charge >= 0.3 is 5.97 Å². The number of nitrogens with one attached hydrogen (secondary N) is 2. The van der Waals surface area contributed by atoms with Crippen LogP contribution in [0.3, 0.4) is 0 Å². The first-order valence-corrected chi connectivity index (χ1v) is 8.85. The maximum absolute atomic E-state index is 14.4. The normalized spacial score (nSPS) is 20.1. The van der Waals surface area contributed by atoms with Crippen LogP contribution < -0.4 is 10.6 Å². The summed E-state index contributed by atoms with van der Waals surface area (Å²) >= 11 is 3.26. The van der Waals surface area contributed by atoms with E-state index in [4.69, 9.17) is 4.74 Å². The van der Waals surface area contributed by atoms with Crippen LogP contribution in [-0.4, -0.2) is 37.3 Å². The summed E-state index contributed by atoms with van der Waals surface area (Å²) < 4.78 is 19.7. The highest BCUT2D eigenvalue weighted by Gasteiger charge is 2.28. The average Bonchev–Trinajstić information content (AvgIpc) is 2.63. The molecular weight excluding hydrogens is 389 g/mol. The fourth-order valence-corrected chi connectivity index (χ4v) is 3.35. The number of carbonyl (C=O) groups excluding carboxylic acids is 1. The third-order valence-corrected chi connectivity index (χ3v) is 4.72. The Kier molecular flexibility index (Phi) is 5.65. The van der Waals surface area contributed by atoms with Crippen LogP contribution in [0, 0.1) is 0 Å². The number of carbonyl (C=O) groups is 1. The molecule has 7 heteroatoms. The van der Waals surface area contributed by atoms with Crippen LogP contribution >= 0.6 is 15.9 Å². The van der Waals surface area contributed by atoms with Gasteiger partial charge in [-0.25, -0.2) is 14.2 Å². The zero-order valence-corrected chi connectivity index (χ0v) is 15.3. The molecule has 1 aliphatic heterocycles. The topological polar surface area (TPSA) is 63.2 Å². The average molecular weight is 408 g/mol. The molecule has 0 saturated carbocycles. The predicted molar refractivity (Wildman–Crippen MR) is 98.1 cm³/mol.